The van der Waals surface area contributed by atoms with E-state index in [1.807, 2.05) is 4.90 Å². The second-order valence-electron chi connectivity index (χ2n) is 5.24. The minimum atomic E-state index is 0.235. The van der Waals surface area contributed by atoms with Crippen LogP contribution >= 0.6 is 0 Å². The van der Waals surface area contributed by atoms with Crippen molar-refractivity contribution < 1.29 is 4.79 Å². The number of carbonyl (C=O) groups excluding carboxylic acids is 1. The maximum absolute atomic E-state index is 11.5. The first kappa shape index (κ1) is 13.5. The Morgan fingerprint density at radius 2 is 1.75 bits per heavy atom. The molecule has 1 rings (SSSR count). The number of carbonyl (C=O) groups is 1. The van der Waals surface area contributed by atoms with Gasteiger partial charge in [0.25, 0.3) is 0 Å². The topological polar surface area (TPSA) is 23.6 Å². The van der Waals surface area contributed by atoms with Gasteiger partial charge < -0.3 is 9.80 Å². The Kier molecular flexibility index (Phi) is 5.26. The van der Waals surface area contributed by atoms with E-state index in [1.54, 1.807) is 6.92 Å². The molecule has 3 nitrogen and oxygen atoms in total. The molecule has 0 aromatic heterocycles. The van der Waals surface area contributed by atoms with Crippen LogP contribution in [-0.4, -0.2) is 48.9 Å². The van der Waals surface area contributed by atoms with Gasteiger partial charge in [-0.05, 0) is 52.6 Å². The number of amides is 1. The highest BCUT2D eigenvalue weighted by Gasteiger charge is 2.26. The van der Waals surface area contributed by atoms with Crippen LogP contribution in [0.3, 0.4) is 0 Å². The summed E-state index contributed by atoms with van der Waals surface area (Å²) >= 11 is 0. The summed E-state index contributed by atoms with van der Waals surface area (Å²) in [6, 6.07) is 0.501. The number of hydrogen-bond donors (Lipinski definition) is 0. The maximum atomic E-state index is 11.5. The summed E-state index contributed by atoms with van der Waals surface area (Å²) in [6.07, 6.45) is 4.91. The van der Waals surface area contributed by atoms with Gasteiger partial charge in [0.2, 0.25) is 5.91 Å². The number of nitrogens with zero attached hydrogens (tertiary/aromatic N) is 2. The minimum Gasteiger partial charge on any atom is -0.340 e. The van der Waals surface area contributed by atoms with Crippen molar-refractivity contribution in [3.63, 3.8) is 0 Å². The summed E-state index contributed by atoms with van der Waals surface area (Å²) in [5.41, 5.74) is 0. The van der Waals surface area contributed by atoms with E-state index in [-0.39, 0.29) is 5.91 Å². The molecule has 0 aliphatic heterocycles. The molecule has 0 heterocycles. The van der Waals surface area contributed by atoms with Gasteiger partial charge in [-0.2, -0.15) is 0 Å². The van der Waals surface area contributed by atoms with Crippen molar-refractivity contribution in [1.82, 2.24) is 9.80 Å². The Balaban J connectivity index is 2.38. The van der Waals surface area contributed by atoms with E-state index in [9.17, 15) is 4.79 Å². The van der Waals surface area contributed by atoms with Crippen LogP contribution in [0.4, 0.5) is 0 Å². The smallest absolute Gasteiger partial charge is 0.219 e. The Morgan fingerprint density at radius 1 is 1.19 bits per heavy atom. The zero-order valence-corrected chi connectivity index (χ0v) is 11.2. The maximum Gasteiger partial charge on any atom is 0.219 e. The predicted octanol–water partition coefficient (Wildman–Crippen LogP) is 1.98. The van der Waals surface area contributed by atoms with E-state index in [4.69, 9.17) is 0 Å². The van der Waals surface area contributed by atoms with E-state index in [2.05, 4.69) is 25.9 Å². The Morgan fingerprint density at radius 3 is 2.12 bits per heavy atom. The van der Waals surface area contributed by atoms with Gasteiger partial charge >= 0.3 is 0 Å². The van der Waals surface area contributed by atoms with Gasteiger partial charge in [-0.3, -0.25) is 4.79 Å². The zero-order valence-electron chi connectivity index (χ0n) is 11.2. The molecule has 1 aliphatic carbocycles. The fourth-order valence-electron chi connectivity index (χ4n) is 2.89. The quantitative estimate of drug-likeness (QED) is 0.732. The predicted molar refractivity (Wildman–Crippen MR) is 67.4 cm³/mol. The summed E-state index contributed by atoms with van der Waals surface area (Å²) in [7, 11) is 4.28. The highest BCUT2D eigenvalue weighted by Crippen LogP contribution is 2.27. The summed E-state index contributed by atoms with van der Waals surface area (Å²) < 4.78 is 0. The largest absolute Gasteiger partial charge is 0.340 e. The van der Waals surface area contributed by atoms with Gasteiger partial charge in [0, 0.05) is 26.1 Å². The van der Waals surface area contributed by atoms with Crippen LogP contribution in [0.5, 0.6) is 0 Å². The summed E-state index contributed by atoms with van der Waals surface area (Å²) in [6.45, 7) is 5.82. The van der Waals surface area contributed by atoms with Gasteiger partial charge in [-0.1, -0.05) is 0 Å². The monoisotopic (exact) mass is 226 g/mol. The third-order valence-electron chi connectivity index (χ3n) is 3.63. The lowest BCUT2D eigenvalue weighted by Gasteiger charge is -2.36. The van der Waals surface area contributed by atoms with E-state index in [0.717, 1.165) is 12.5 Å². The third-order valence-corrected chi connectivity index (χ3v) is 3.63. The molecule has 0 spiro atoms. The lowest BCUT2D eigenvalue weighted by Crippen LogP contribution is -2.41. The van der Waals surface area contributed by atoms with E-state index in [1.165, 1.54) is 32.2 Å². The van der Waals surface area contributed by atoms with Crippen LogP contribution in [0.25, 0.3) is 0 Å². The van der Waals surface area contributed by atoms with E-state index >= 15 is 0 Å². The minimum absolute atomic E-state index is 0.235. The van der Waals surface area contributed by atoms with Crippen LogP contribution in [0.1, 0.15) is 39.5 Å². The lowest BCUT2D eigenvalue weighted by atomic mass is 9.85. The Labute approximate surface area is 99.8 Å². The van der Waals surface area contributed by atoms with Crippen LogP contribution in [0.15, 0.2) is 0 Å². The van der Waals surface area contributed by atoms with Crippen molar-refractivity contribution in [2.24, 2.45) is 5.92 Å². The highest BCUT2D eigenvalue weighted by atomic mass is 16.2. The van der Waals surface area contributed by atoms with Gasteiger partial charge in [0.05, 0.1) is 0 Å². The van der Waals surface area contributed by atoms with E-state index < -0.39 is 0 Å². The van der Waals surface area contributed by atoms with Gasteiger partial charge in [0.1, 0.15) is 0 Å². The molecule has 0 saturated heterocycles. The Bertz CT molecular complexity index is 220. The van der Waals surface area contributed by atoms with Gasteiger partial charge in [0.15, 0.2) is 0 Å². The fraction of sp³-hybridized carbons (Fsp3) is 0.923. The van der Waals surface area contributed by atoms with E-state index in [0.29, 0.717) is 6.04 Å². The first-order valence-electron chi connectivity index (χ1n) is 6.46. The first-order valence-corrected chi connectivity index (χ1v) is 6.46. The molecule has 0 aromatic carbocycles. The molecule has 0 aromatic rings. The fourth-order valence-corrected chi connectivity index (χ4v) is 2.89. The second kappa shape index (κ2) is 6.24. The standard InChI is InChI=1S/C13H26N2O/c1-5-15(11(2)16)13-8-6-12(7-9-13)10-14(3)4/h12-13H,5-10H2,1-4H3. The molecule has 0 atom stereocenters. The molecule has 1 fully saturated rings. The zero-order chi connectivity index (χ0) is 12.1. The molecule has 1 amide bonds. The van der Waals surface area contributed by atoms with Crippen LogP contribution in [0.2, 0.25) is 0 Å². The SMILES string of the molecule is CCN(C(C)=O)C1CCC(CN(C)C)CC1. The molecule has 0 N–H and O–H groups in total. The molecule has 0 bridgehead atoms. The molecule has 0 radical (unpaired) electrons. The molecular formula is C13H26N2O. The molecule has 3 heteroatoms. The summed E-state index contributed by atoms with van der Waals surface area (Å²) in [4.78, 5) is 15.8. The molecule has 1 saturated carbocycles. The van der Waals surface area contributed by atoms with Crippen molar-refractivity contribution in [1.29, 1.82) is 0 Å². The second-order valence-corrected chi connectivity index (χ2v) is 5.24. The van der Waals surface area contributed by atoms with Gasteiger partial charge in [-0.25, -0.2) is 0 Å². The molecule has 16 heavy (non-hydrogen) atoms. The average Bonchev–Trinajstić information content (AvgIpc) is 2.20. The normalized spacial score (nSPS) is 25.8. The molecule has 1 aliphatic rings. The van der Waals surface area contributed by atoms with Crippen LogP contribution < -0.4 is 0 Å². The lowest BCUT2D eigenvalue weighted by molar-refractivity contribution is -0.131. The average molecular weight is 226 g/mol. The number of rotatable bonds is 4. The third kappa shape index (κ3) is 3.78. The van der Waals surface area contributed by atoms with Crippen molar-refractivity contribution in [3.8, 4) is 0 Å². The summed E-state index contributed by atoms with van der Waals surface area (Å²) in [5, 5.41) is 0. The number of hydrogen-bond acceptors (Lipinski definition) is 2. The molecule has 0 unspecified atom stereocenters. The summed E-state index contributed by atoms with van der Waals surface area (Å²) in [5.74, 6) is 1.07. The van der Waals surface area contributed by atoms with Crippen molar-refractivity contribution in [2.75, 3.05) is 27.2 Å². The molecular weight excluding hydrogens is 200 g/mol. The van der Waals surface area contributed by atoms with Crippen LogP contribution in [0, 0.1) is 5.92 Å². The van der Waals surface area contributed by atoms with Gasteiger partial charge in [-0.15, -0.1) is 0 Å². The van der Waals surface area contributed by atoms with Crippen molar-refractivity contribution in [3.05, 3.63) is 0 Å². The van der Waals surface area contributed by atoms with Crippen molar-refractivity contribution in [2.45, 2.75) is 45.6 Å². The first-order chi connectivity index (χ1) is 7.54. The van der Waals surface area contributed by atoms with Crippen LogP contribution in [-0.2, 0) is 4.79 Å². The van der Waals surface area contributed by atoms with Crippen molar-refractivity contribution >= 4 is 5.91 Å². The highest BCUT2D eigenvalue weighted by molar-refractivity contribution is 5.73. The molecule has 94 valence electrons. The Hall–Kier alpha value is -0.570.